The Bertz CT molecular complexity index is 2810. The number of Topliss-reactive ketones (excluding diaryl/α,β-unsaturated/α-hetero) is 1. The molecule has 0 aromatic heterocycles. The van der Waals surface area contributed by atoms with Crippen LogP contribution < -0.4 is 10.6 Å². The first kappa shape index (κ1) is 47.3. The molecule has 342 valence electrons. The molecule has 0 aliphatic carbocycles. The first-order valence-electron chi connectivity index (χ1n) is 22.7. The zero-order valence-corrected chi connectivity index (χ0v) is 39.5. The lowest BCUT2D eigenvalue weighted by molar-refractivity contribution is -0.153. The fraction of sp³-hybridized carbons (Fsp3) is 0.321. The summed E-state index contributed by atoms with van der Waals surface area (Å²) in [4.78, 5) is 56.6. The maximum absolute atomic E-state index is 14.1. The number of nitrogens with one attached hydrogen (secondary N) is 2. The van der Waals surface area contributed by atoms with Crippen LogP contribution in [0.25, 0.3) is 43.1 Å². The van der Waals surface area contributed by atoms with Gasteiger partial charge in [-0.05, 0) is 118 Å². The van der Waals surface area contributed by atoms with Crippen molar-refractivity contribution in [3.63, 3.8) is 0 Å². The fourth-order valence-corrected chi connectivity index (χ4v) is 8.78. The van der Waals surface area contributed by atoms with Gasteiger partial charge in [0.15, 0.2) is 5.78 Å². The molecule has 7 aromatic carbocycles. The predicted octanol–water partition coefficient (Wildman–Crippen LogP) is 10.2. The van der Waals surface area contributed by atoms with Crippen molar-refractivity contribution in [1.29, 1.82) is 0 Å². The van der Waals surface area contributed by atoms with Crippen molar-refractivity contribution in [3.8, 4) is 0 Å². The van der Waals surface area contributed by atoms with E-state index in [9.17, 15) is 19.2 Å². The minimum atomic E-state index is -0.604. The summed E-state index contributed by atoms with van der Waals surface area (Å²) in [6.45, 7) is 13.1. The fourth-order valence-electron chi connectivity index (χ4n) is 8.78. The number of rotatable bonds is 16. The number of ether oxygens (including phenoxy) is 2. The van der Waals surface area contributed by atoms with Crippen LogP contribution in [0.15, 0.2) is 121 Å². The molecular weight excluding hydrogens is 825 g/mol. The minimum Gasteiger partial charge on any atom is -0.459 e. The van der Waals surface area contributed by atoms with Gasteiger partial charge in [0.05, 0.1) is 19.5 Å². The Morgan fingerprint density at radius 3 is 1.21 bits per heavy atom. The second-order valence-electron chi connectivity index (χ2n) is 19.1. The van der Waals surface area contributed by atoms with Crippen LogP contribution in [0, 0.1) is 0 Å². The van der Waals surface area contributed by atoms with Crippen LogP contribution in [0.1, 0.15) is 74.9 Å². The van der Waals surface area contributed by atoms with Crippen molar-refractivity contribution in [2.75, 3.05) is 27.2 Å². The Morgan fingerprint density at radius 1 is 0.455 bits per heavy atom. The van der Waals surface area contributed by atoms with E-state index in [-0.39, 0.29) is 49.7 Å². The van der Waals surface area contributed by atoms with E-state index in [0.717, 1.165) is 76.5 Å². The number of fused-ring (bicyclic) bond motifs is 4. The smallest absolute Gasteiger partial charge is 0.410 e. The Balaban J connectivity index is 1.03. The molecule has 0 heterocycles. The van der Waals surface area contributed by atoms with Crippen molar-refractivity contribution < 1.29 is 28.7 Å². The van der Waals surface area contributed by atoms with Gasteiger partial charge in [-0.15, -0.1) is 0 Å². The molecule has 0 saturated carbocycles. The molecule has 10 nitrogen and oxygen atoms in total. The molecule has 7 aromatic rings. The van der Waals surface area contributed by atoms with Crippen LogP contribution in [0.2, 0.25) is 0 Å². The highest BCUT2D eigenvalue weighted by molar-refractivity contribution is 6.07. The van der Waals surface area contributed by atoms with E-state index in [2.05, 4.69) is 59.2 Å². The molecular formula is C56H62N4O6. The standard InChI is InChI=1S/C56H62N4O6/c1-55(2,3)65-53(63)34-58-33-49-40-21-11-15-25-44(40)50(45-26-16-12-22-41(45)49)35-59(7)52(62)30-38-20-10-9-19-37(38)29-39(61)31-57-32-48-42-23-13-17-27-46(42)51(47-28-18-14-24-43(47)48)36-60(8)54(64)66-56(4,5)6/h9-28,57-58H,29-36H2,1-8H3. The number of nitrogens with zero attached hydrogens (tertiary/aromatic N) is 2. The summed E-state index contributed by atoms with van der Waals surface area (Å²) in [6, 6.07) is 40.5. The SMILES string of the molecule is CN(Cc1c2ccccc2c(CNCC(=O)OC(C)(C)C)c2ccccc12)C(=O)Cc1ccccc1CC(=O)CNCc1c2ccccc2c(CN(C)C(=O)OC(C)(C)C)c2ccccc12. The van der Waals surface area contributed by atoms with Crippen molar-refractivity contribution in [2.45, 2.75) is 91.8 Å². The monoisotopic (exact) mass is 886 g/mol. The molecule has 0 saturated heterocycles. The van der Waals surface area contributed by atoms with Crippen molar-refractivity contribution >= 4 is 66.8 Å². The zero-order chi connectivity index (χ0) is 47.2. The highest BCUT2D eigenvalue weighted by Crippen LogP contribution is 2.36. The van der Waals surface area contributed by atoms with Gasteiger partial charge in [-0.1, -0.05) is 121 Å². The highest BCUT2D eigenvalue weighted by Gasteiger charge is 2.23. The van der Waals surface area contributed by atoms with Crippen molar-refractivity contribution in [3.05, 3.63) is 155 Å². The van der Waals surface area contributed by atoms with Gasteiger partial charge in [0.25, 0.3) is 0 Å². The highest BCUT2D eigenvalue weighted by atomic mass is 16.6. The second-order valence-corrected chi connectivity index (χ2v) is 19.1. The average molecular weight is 887 g/mol. The second kappa shape index (κ2) is 20.3. The molecule has 0 aliphatic rings. The molecule has 2 N–H and O–H groups in total. The summed E-state index contributed by atoms with van der Waals surface area (Å²) in [7, 11) is 3.59. The minimum absolute atomic E-state index is 0.0195. The van der Waals surface area contributed by atoms with E-state index in [1.165, 1.54) is 0 Å². The Kier molecular flexibility index (Phi) is 14.5. The molecule has 66 heavy (non-hydrogen) atoms. The topological polar surface area (TPSA) is 117 Å². The Labute approximate surface area is 388 Å². The molecule has 2 amide bonds. The largest absolute Gasteiger partial charge is 0.459 e. The lowest BCUT2D eigenvalue weighted by atomic mass is 9.91. The normalized spacial score (nSPS) is 11.9. The van der Waals surface area contributed by atoms with Gasteiger partial charge in [-0.25, -0.2) is 4.79 Å². The maximum atomic E-state index is 14.1. The van der Waals surface area contributed by atoms with Gasteiger partial charge >= 0.3 is 12.1 Å². The number of hydrogen-bond acceptors (Lipinski definition) is 8. The van der Waals surface area contributed by atoms with Crippen LogP contribution >= 0.6 is 0 Å². The third-order valence-electron chi connectivity index (χ3n) is 11.7. The van der Waals surface area contributed by atoms with Crippen molar-refractivity contribution in [1.82, 2.24) is 20.4 Å². The van der Waals surface area contributed by atoms with Gasteiger partial charge in [0.1, 0.15) is 11.2 Å². The molecule has 0 aliphatic heterocycles. The number of esters is 1. The van der Waals surface area contributed by atoms with Crippen LogP contribution in [0.3, 0.4) is 0 Å². The molecule has 7 rings (SSSR count). The molecule has 0 spiro atoms. The van der Waals surface area contributed by atoms with E-state index < -0.39 is 11.2 Å². The lowest BCUT2D eigenvalue weighted by Crippen LogP contribution is -2.34. The third kappa shape index (κ3) is 11.4. The zero-order valence-electron chi connectivity index (χ0n) is 39.5. The van der Waals surface area contributed by atoms with Gasteiger partial charge < -0.3 is 29.9 Å². The molecule has 0 unspecified atom stereocenters. The van der Waals surface area contributed by atoms with Gasteiger partial charge in [-0.3, -0.25) is 14.4 Å². The Hall–Kier alpha value is -6.62. The van der Waals surface area contributed by atoms with Crippen LogP contribution in [0.5, 0.6) is 0 Å². The van der Waals surface area contributed by atoms with Gasteiger partial charge in [-0.2, -0.15) is 0 Å². The number of ketones is 1. The third-order valence-corrected chi connectivity index (χ3v) is 11.7. The lowest BCUT2D eigenvalue weighted by Gasteiger charge is -2.26. The number of amides is 2. The summed E-state index contributed by atoms with van der Waals surface area (Å²) >= 11 is 0. The molecule has 10 heteroatoms. The summed E-state index contributed by atoms with van der Waals surface area (Å²) in [5, 5.41) is 15.1. The van der Waals surface area contributed by atoms with Crippen molar-refractivity contribution in [2.24, 2.45) is 0 Å². The molecule has 0 fully saturated rings. The van der Waals surface area contributed by atoms with Gasteiger partial charge in [0.2, 0.25) is 5.91 Å². The first-order chi connectivity index (χ1) is 31.5. The van der Waals surface area contributed by atoms with E-state index >= 15 is 0 Å². The number of likely N-dealkylation sites (N-methyl/N-ethyl adjacent to an activating group) is 1. The van der Waals surface area contributed by atoms with E-state index in [1.54, 1.807) is 16.8 Å². The summed E-state index contributed by atoms with van der Waals surface area (Å²) < 4.78 is 11.2. The molecule has 0 bridgehead atoms. The average Bonchev–Trinajstić information content (AvgIpc) is 3.27. The quantitative estimate of drug-likeness (QED) is 0.0728. The summed E-state index contributed by atoms with van der Waals surface area (Å²) in [5.74, 6) is -0.338. The van der Waals surface area contributed by atoms with Crippen LogP contribution in [-0.4, -0.2) is 71.9 Å². The predicted molar refractivity (Wildman–Crippen MR) is 265 cm³/mol. The first-order valence-corrected chi connectivity index (χ1v) is 22.7. The molecule has 0 atom stereocenters. The van der Waals surface area contributed by atoms with E-state index in [1.807, 2.05) is 121 Å². The van der Waals surface area contributed by atoms with E-state index in [0.29, 0.717) is 26.2 Å². The van der Waals surface area contributed by atoms with E-state index in [4.69, 9.17) is 9.47 Å². The summed E-state index contributed by atoms with van der Waals surface area (Å²) in [5.41, 5.74) is 4.74. The van der Waals surface area contributed by atoms with Crippen LogP contribution in [-0.2, 0) is 62.9 Å². The summed E-state index contributed by atoms with van der Waals surface area (Å²) in [6.07, 6.45) is -0.0364. The molecule has 0 radical (unpaired) electrons. The number of benzene rings is 7. The number of hydrogen-bond donors (Lipinski definition) is 2. The Morgan fingerprint density at radius 2 is 0.803 bits per heavy atom. The maximum Gasteiger partial charge on any atom is 0.410 e. The van der Waals surface area contributed by atoms with Crippen LogP contribution in [0.4, 0.5) is 4.79 Å². The number of carbonyl (C=O) groups is 4. The van der Waals surface area contributed by atoms with Gasteiger partial charge in [0, 0.05) is 46.7 Å². The number of carbonyl (C=O) groups excluding carboxylic acids is 4.